The van der Waals surface area contributed by atoms with Crippen molar-refractivity contribution in [3.05, 3.63) is 91.5 Å². The van der Waals surface area contributed by atoms with Gasteiger partial charge in [0.1, 0.15) is 12.2 Å². The van der Waals surface area contributed by atoms with Gasteiger partial charge < -0.3 is 4.98 Å². The van der Waals surface area contributed by atoms with Crippen molar-refractivity contribution in [2.75, 3.05) is 0 Å². The van der Waals surface area contributed by atoms with Gasteiger partial charge in [-0.15, -0.1) is 0 Å². The number of aromatic amines is 1. The Morgan fingerprint density at radius 2 is 1.62 bits per heavy atom. The lowest BCUT2D eigenvalue weighted by Crippen LogP contribution is -1.93. The van der Waals surface area contributed by atoms with Gasteiger partial charge in [-0.25, -0.2) is 9.97 Å². The molecule has 2 aromatic heterocycles. The maximum Gasteiger partial charge on any atom is 0.137 e. The number of benzene rings is 3. The minimum atomic E-state index is 0.864. The third-order valence-corrected chi connectivity index (χ3v) is 4.55. The van der Waals surface area contributed by atoms with Crippen LogP contribution in [0.3, 0.4) is 0 Å². The smallest absolute Gasteiger partial charge is 0.137 e. The zero-order valence-corrected chi connectivity index (χ0v) is 14.0. The molecule has 5 aromatic rings. The fourth-order valence-electron chi connectivity index (χ4n) is 3.25. The summed E-state index contributed by atoms with van der Waals surface area (Å²) in [4.78, 5) is 12.1. The number of H-pyrrole nitrogens is 1. The summed E-state index contributed by atoms with van der Waals surface area (Å²) in [6.07, 6.45) is 5.47. The molecule has 0 fully saturated rings. The van der Waals surface area contributed by atoms with Crippen LogP contribution >= 0.6 is 0 Å². The van der Waals surface area contributed by atoms with Crippen LogP contribution in [0.5, 0.6) is 0 Å². The predicted octanol–water partition coefficient (Wildman–Crippen LogP) is 5.08. The molecule has 4 nitrogen and oxygen atoms in total. The second-order valence-electron chi connectivity index (χ2n) is 6.17. The topological polar surface area (TPSA) is 46.5 Å². The Kier molecular flexibility index (Phi) is 3.39. The number of nitrogens with one attached hydrogen (secondary N) is 1. The van der Waals surface area contributed by atoms with E-state index in [4.69, 9.17) is 0 Å². The van der Waals surface area contributed by atoms with Gasteiger partial charge in [0.15, 0.2) is 0 Å². The van der Waals surface area contributed by atoms with E-state index in [1.807, 2.05) is 24.7 Å². The summed E-state index contributed by atoms with van der Waals surface area (Å²) < 4.78 is 2.11. The molecule has 0 aliphatic heterocycles. The van der Waals surface area contributed by atoms with E-state index in [1.54, 1.807) is 6.20 Å². The van der Waals surface area contributed by atoms with Gasteiger partial charge in [-0.2, -0.15) is 0 Å². The number of hydrogen-bond acceptors (Lipinski definition) is 2. The van der Waals surface area contributed by atoms with Gasteiger partial charge in [-0.05, 0) is 35.4 Å². The Hall–Kier alpha value is -3.66. The van der Waals surface area contributed by atoms with Gasteiger partial charge in [-0.3, -0.25) is 4.57 Å². The zero-order valence-electron chi connectivity index (χ0n) is 14.0. The van der Waals surface area contributed by atoms with Gasteiger partial charge in [-0.1, -0.05) is 48.5 Å². The van der Waals surface area contributed by atoms with Gasteiger partial charge in [0.2, 0.25) is 0 Å². The van der Waals surface area contributed by atoms with Gasteiger partial charge >= 0.3 is 0 Å². The molecule has 0 atom stereocenters. The van der Waals surface area contributed by atoms with Crippen molar-refractivity contribution in [3.63, 3.8) is 0 Å². The molecular weight excluding hydrogens is 320 g/mol. The summed E-state index contributed by atoms with van der Waals surface area (Å²) in [5.74, 6) is 0.864. The number of hydrogen-bond donors (Lipinski definition) is 1. The van der Waals surface area contributed by atoms with Crippen molar-refractivity contribution in [1.29, 1.82) is 0 Å². The SMILES string of the molecule is c1ccc(-c2ccc3c(c2)ncn3-c2cccc(-c3ncc[nH]3)c2)cc1. The molecule has 0 aliphatic rings. The highest BCUT2D eigenvalue weighted by Crippen LogP contribution is 2.26. The average molecular weight is 336 g/mol. The molecule has 2 heterocycles. The minimum absolute atomic E-state index is 0.864. The van der Waals surface area contributed by atoms with Crippen molar-refractivity contribution in [3.8, 4) is 28.2 Å². The van der Waals surface area contributed by atoms with E-state index in [1.165, 1.54) is 11.1 Å². The van der Waals surface area contributed by atoms with Crippen molar-refractivity contribution in [2.45, 2.75) is 0 Å². The molecule has 1 N–H and O–H groups in total. The summed E-state index contributed by atoms with van der Waals surface area (Å²) in [6.45, 7) is 0. The van der Waals surface area contributed by atoms with E-state index in [0.29, 0.717) is 0 Å². The summed E-state index contributed by atoms with van der Waals surface area (Å²) in [5.41, 5.74) is 6.55. The minimum Gasteiger partial charge on any atom is -0.345 e. The monoisotopic (exact) mass is 336 g/mol. The van der Waals surface area contributed by atoms with Crippen molar-refractivity contribution >= 4 is 11.0 Å². The lowest BCUT2D eigenvalue weighted by atomic mass is 10.1. The number of nitrogens with zero attached hydrogens (tertiary/aromatic N) is 3. The Bertz CT molecular complexity index is 1170. The fraction of sp³-hybridized carbons (Fsp3) is 0. The second kappa shape index (κ2) is 6.01. The molecule has 0 saturated heterocycles. The number of imidazole rings is 2. The Morgan fingerprint density at radius 1 is 0.731 bits per heavy atom. The van der Waals surface area contributed by atoms with E-state index in [9.17, 15) is 0 Å². The molecule has 4 heteroatoms. The van der Waals surface area contributed by atoms with Crippen LogP contribution in [0.4, 0.5) is 0 Å². The first-order valence-corrected chi connectivity index (χ1v) is 8.51. The van der Waals surface area contributed by atoms with Crippen LogP contribution in [0.25, 0.3) is 39.2 Å². The average Bonchev–Trinajstić information content (AvgIpc) is 3.38. The molecule has 0 aliphatic carbocycles. The van der Waals surface area contributed by atoms with E-state index in [-0.39, 0.29) is 0 Å². The van der Waals surface area contributed by atoms with Crippen LogP contribution in [-0.2, 0) is 0 Å². The number of fused-ring (bicyclic) bond motifs is 1. The number of rotatable bonds is 3. The Morgan fingerprint density at radius 3 is 2.46 bits per heavy atom. The van der Waals surface area contributed by atoms with Crippen molar-refractivity contribution < 1.29 is 0 Å². The Balaban J connectivity index is 1.59. The van der Waals surface area contributed by atoms with E-state index in [0.717, 1.165) is 28.1 Å². The molecule has 5 rings (SSSR count). The van der Waals surface area contributed by atoms with Crippen LogP contribution in [0.2, 0.25) is 0 Å². The summed E-state index contributed by atoms with van der Waals surface area (Å²) in [5, 5.41) is 0. The lowest BCUT2D eigenvalue weighted by molar-refractivity contribution is 1.09. The number of aromatic nitrogens is 4. The van der Waals surface area contributed by atoms with E-state index in [2.05, 4.69) is 80.2 Å². The van der Waals surface area contributed by atoms with Crippen LogP contribution in [0, 0.1) is 0 Å². The van der Waals surface area contributed by atoms with Crippen molar-refractivity contribution in [1.82, 2.24) is 19.5 Å². The molecular formula is C22H16N4. The summed E-state index contributed by atoms with van der Waals surface area (Å²) in [7, 11) is 0. The molecule has 0 unspecified atom stereocenters. The molecule has 3 aromatic carbocycles. The summed E-state index contributed by atoms with van der Waals surface area (Å²) >= 11 is 0. The normalized spacial score (nSPS) is 11.1. The van der Waals surface area contributed by atoms with Crippen LogP contribution in [0.1, 0.15) is 0 Å². The van der Waals surface area contributed by atoms with E-state index < -0.39 is 0 Å². The highest BCUT2D eigenvalue weighted by molar-refractivity contribution is 5.83. The fourth-order valence-corrected chi connectivity index (χ4v) is 3.25. The molecule has 124 valence electrons. The zero-order chi connectivity index (χ0) is 17.3. The second-order valence-corrected chi connectivity index (χ2v) is 6.17. The first-order valence-electron chi connectivity index (χ1n) is 8.51. The van der Waals surface area contributed by atoms with Crippen LogP contribution in [0.15, 0.2) is 91.5 Å². The van der Waals surface area contributed by atoms with Crippen LogP contribution < -0.4 is 0 Å². The van der Waals surface area contributed by atoms with Crippen molar-refractivity contribution in [2.24, 2.45) is 0 Å². The molecule has 0 bridgehead atoms. The first-order chi connectivity index (χ1) is 12.9. The summed E-state index contributed by atoms with van der Waals surface area (Å²) in [6, 6.07) is 25.1. The van der Waals surface area contributed by atoms with Gasteiger partial charge in [0.25, 0.3) is 0 Å². The highest BCUT2D eigenvalue weighted by Gasteiger charge is 2.08. The molecule has 0 amide bonds. The maximum absolute atomic E-state index is 4.61. The molecule has 0 spiro atoms. The molecule has 0 saturated carbocycles. The third-order valence-electron chi connectivity index (χ3n) is 4.55. The van der Waals surface area contributed by atoms with E-state index >= 15 is 0 Å². The van der Waals surface area contributed by atoms with Gasteiger partial charge in [0.05, 0.1) is 11.0 Å². The van der Waals surface area contributed by atoms with Gasteiger partial charge in [0, 0.05) is 23.6 Å². The largest absolute Gasteiger partial charge is 0.345 e. The maximum atomic E-state index is 4.61. The highest BCUT2D eigenvalue weighted by atomic mass is 15.0. The quantitative estimate of drug-likeness (QED) is 0.499. The Labute approximate surface area is 150 Å². The third kappa shape index (κ3) is 2.48. The lowest BCUT2D eigenvalue weighted by Gasteiger charge is -2.07. The van der Waals surface area contributed by atoms with Crippen LogP contribution in [-0.4, -0.2) is 19.5 Å². The molecule has 0 radical (unpaired) electrons. The standard InChI is InChI=1S/C22H16N4/c1-2-5-16(6-3-1)17-9-10-21-20(14-17)25-15-26(21)19-8-4-7-18(13-19)22-23-11-12-24-22/h1-15H,(H,23,24). The molecule has 26 heavy (non-hydrogen) atoms. The first kappa shape index (κ1) is 14.7. The predicted molar refractivity (Wildman–Crippen MR) is 104 cm³/mol.